The molecule has 1 N–H and O–H groups in total. The summed E-state index contributed by atoms with van der Waals surface area (Å²) in [5, 5.41) is 8.64. The number of rotatable bonds is 5. The first-order chi connectivity index (χ1) is 9.93. The topological polar surface area (TPSA) is 33.1 Å². The van der Waals surface area contributed by atoms with E-state index in [1.165, 1.54) is 11.3 Å². The average molecular weight is 307 g/mol. The summed E-state index contributed by atoms with van der Waals surface area (Å²) in [6.45, 7) is 4.84. The molecule has 0 saturated heterocycles. The molecule has 0 atom stereocenters. The van der Waals surface area contributed by atoms with Crippen LogP contribution in [0.5, 0.6) is 0 Å². The molecule has 0 aliphatic heterocycles. The Balaban J connectivity index is 2.17. The van der Waals surface area contributed by atoms with E-state index >= 15 is 0 Å². The monoisotopic (exact) mass is 306 g/mol. The number of nitrogens with one attached hydrogen (secondary N) is 1. The summed E-state index contributed by atoms with van der Waals surface area (Å²) in [7, 11) is 6.04. The number of benzene rings is 1. The Morgan fingerprint density at radius 3 is 2.62 bits per heavy atom. The predicted octanol–water partition coefficient (Wildman–Crippen LogP) is 3.62. The van der Waals surface area contributed by atoms with Gasteiger partial charge in [-0.05, 0) is 31.0 Å². The molecule has 0 unspecified atom stereocenters. The molecule has 21 heavy (non-hydrogen) atoms. The van der Waals surface area contributed by atoms with Gasteiger partial charge in [0.15, 0.2) is 0 Å². The Morgan fingerprint density at radius 1 is 1.33 bits per heavy atom. The molecule has 5 heteroatoms. The van der Waals surface area contributed by atoms with Gasteiger partial charge in [0.1, 0.15) is 0 Å². The van der Waals surface area contributed by atoms with E-state index in [4.69, 9.17) is 11.6 Å². The molecule has 0 aliphatic carbocycles. The van der Waals surface area contributed by atoms with Crippen molar-refractivity contribution in [1.29, 1.82) is 0 Å². The van der Waals surface area contributed by atoms with Gasteiger partial charge in [-0.15, -0.1) is 0 Å². The maximum Gasteiger partial charge on any atom is 0.0868 e. The van der Waals surface area contributed by atoms with Crippen LogP contribution in [0.25, 0.3) is 0 Å². The van der Waals surface area contributed by atoms with E-state index in [0.29, 0.717) is 6.54 Å². The van der Waals surface area contributed by atoms with Gasteiger partial charge < -0.3 is 10.2 Å². The number of anilines is 2. The molecule has 1 heterocycles. The van der Waals surface area contributed by atoms with Gasteiger partial charge in [-0.1, -0.05) is 24.6 Å². The highest BCUT2D eigenvalue weighted by molar-refractivity contribution is 6.31. The molecule has 1 aromatic heterocycles. The largest absolute Gasteiger partial charge is 0.379 e. The van der Waals surface area contributed by atoms with Gasteiger partial charge in [0.05, 0.1) is 23.0 Å². The van der Waals surface area contributed by atoms with Crippen LogP contribution >= 0.6 is 11.6 Å². The molecule has 0 bridgehead atoms. The molecule has 0 aliphatic rings. The second-order valence-corrected chi connectivity index (χ2v) is 5.81. The zero-order valence-electron chi connectivity index (χ0n) is 13.4. The lowest BCUT2D eigenvalue weighted by molar-refractivity contribution is 0.707. The van der Waals surface area contributed by atoms with Crippen LogP contribution < -0.4 is 10.2 Å². The molecular formula is C16H23ClN4. The van der Waals surface area contributed by atoms with E-state index in [-0.39, 0.29) is 0 Å². The number of hydrogen-bond donors (Lipinski definition) is 1. The van der Waals surface area contributed by atoms with Gasteiger partial charge in [-0.3, -0.25) is 4.68 Å². The summed E-state index contributed by atoms with van der Waals surface area (Å²) in [5.74, 6) is 0. The summed E-state index contributed by atoms with van der Waals surface area (Å²) in [4.78, 5) is 2.12. The average Bonchev–Trinajstić information content (AvgIpc) is 2.72. The highest BCUT2D eigenvalue weighted by Crippen LogP contribution is 2.25. The first-order valence-corrected chi connectivity index (χ1v) is 7.54. The van der Waals surface area contributed by atoms with Crippen LogP contribution in [0.2, 0.25) is 5.02 Å². The number of hydrogen-bond acceptors (Lipinski definition) is 3. The van der Waals surface area contributed by atoms with Crippen LogP contribution in [-0.2, 0) is 20.0 Å². The Labute approximate surface area is 131 Å². The zero-order valence-corrected chi connectivity index (χ0v) is 14.1. The number of aromatic nitrogens is 2. The third kappa shape index (κ3) is 3.32. The lowest BCUT2D eigenvalue weighted by atomic mass is 10.1. The maximum atomic E-state index is 6.37. The fourth-order valence-corrected chi connectivity index (χ4v) is 2.76. The Kier molecular flexibility index (Phi) is 4.78. The standard InChI is InChI=1S/C16H23ClN4/c1-6-13-16(17)15(21(5)19-13)10-18-12-8-7-11(2)14(9-12)20(3)4/h7-9,18H,6,10H2,1-5H3. The van der Waals surface area contributed by atoms with E-state index in [0.717, 1.165) is 28.5 Å². The van der Waals surface area contributed by atoms with Crippen LogP contribution in [-0.4, -0.2) is 23.9 Å². The Hall–Kier alpha value is -1.68. The van der Waals surface area contributed by atoms with Crippen molar-refractivity contribution in [3.63, 3.8) is 0 Å². The van der Waals surface area contributed by atoms with Crippen molar-refractivity contribution in [2.24, 2.45) is 7.05 Å². The summed E-state index contributed by atoms with van der Waals surface area (Å²) < 4.78 is 1.86. The SMILES string of the molecule is CCc1nn(C)c(CNc2ccc(C)c(N(C)C)c2)c1Cl. The highest BCUT2D eigenvalue weighted by atomic mass is 35.5. The fraction of sp³-hybridized carbons (Fsp3) is 0.438. The molecular weight excluding hydrogens is 284 g/mol. The molecule has 2 rings (SSSR count). The maximum absolute atomic E-state index is 6.37. The van der Waals surface area contributed by atoms with Crippen LogP contribution in [0.1, 0.15) is 23.9 Å². The highest BCUT2D eigenvalue weighted by Gasteiger charge is 2.12. The van der Waals surface area contributed by atoms with Gasteiger partial charge in [0.2, 0.25) is 0 Å². The van der Waals surface area contributed by atoms with Crippen LogP contribution in [0.4, 0.5) is 11.4 Å². The Bertz CT molecular complexity index is 631. The molecule has 0 spiro atoms. The zero-order chi connectivity index (χ0) is 15.6. The van der Waals surface area contributed by atoms with Gasteiger partial charge in [-0.25, -0.2) is 0 Å². The molecule has 0 radical (unpaired) electrons. The smallest absolute Gasteiger partial charge is 0.0868 e. The summed E-state index contributed by atoms with van der Waals surface area (Å²) >= 11 is 6.37. The molecule has 4 nitrogen and oxygen atoms in total. The fourth-order valence-electron chi connectivity index (χ4n) is 2.40. The predicted molar refractivity (Wildman–Crippen MR) is 90.4 cm³/mol. The van der Waals surface area contributed by atoms with E-state index in [2.05, 4.69) is 61.5 Å². The molecule has 0 saturated carbocycles. The van der Waals surface area contributed by atoms with E-state index in [9.17, 15) is 0 Å². The van der Waals surface area contributed by atoms with Crippen molar-refractivity contribution in [2.45, 2.75) is 26.8 Å². The summed E-state index contributed by atoms with van der Waals surface area (Å²) in [6.07, 6.45) is 0.849. The second-order valence-electron chi connectivity index (χ2n) is 5.43. The lowest BCUT2D eigenvalue weighted by Crippen LogP contribution is -2.11. The third-order valence-electron chi connectivity index (χ3n) is 3.65. The lowest BCUT2D eigenvalue weighted by Gasteiger charge is -2.17. The Morgan fingerprint density at radius 2 is 2.05 bits per heavy atom. The van der Waals surface area contributed by atoms with Crippen molar-refractivity contribution in [1.82, 2.24) is 9.78 Å². The van der Waals surface area contributed by atoms with Crippen molar-refractivity contribution >= 4 is 23.0 Å². The molecule has 0 fully saturated rings. The number of halogens is 1. The van der Waals surface area contributed by atoms with Gasteiger partial charge in [0, 0.05) is 32.5 Å². The number of nitrogens with zero attached hydrogens (tertiary/aromatic N) is 3. The van der Waals surface area contributed by atoms with Crippen LogP contribution in [0.15, 0.2) is 18.2 Å². The first kappa shape index (κ1) is 15.7. The summed E-state index contributed by atoms with van der Waals surface area (Å²) in [6, 6.07) is 6.37. The van der Waals surface area contributed by atoms with E-state index in [1.54, 1.807) is 0 Å². The molecule has 1 aromatic carbocycles. The minimum Gasteiger partial charge on any atom is -0.379 e. The van der Waals surface area contributed by atoms with Crippen molar-refractivity contribution in [2.75, 3.05) is 24.3 Å². The summed E-state index contributed by atoms with van der Waals surface area (Å²) in [5.41, 5.74) is 5.52. The van der Waals surface area contributed by atoms with Crippen LogP contribution in [0, 0.1) is 6.92 Å². The third-order valence-corrected chi connectivity index (χ3v) is 4.09. The molecule has 0 amide bonds. The number of aryl methyl sites for hydroxylation is 3. The molecule has 2 aromatic rings. The first-order valence-electron chi connectivity index (χ1n) is 7.16. The quantitative estimate of drug-likeness (QED) is 0.916. The van der Waals surface area contributed by atoms with Gasteiger partial charge in [-0.2, -0.15) is 5.10 Å². The normalized spacial score (nSPS) is 10.8. The van der Waals surface area contributed by atoms with Crippen LogP contribution in [0.3, 0.4) is 0 Å². The molecule has 114 valence electrons. The minimum atomic E-state index is 0.665. The van der Waals surface area contributed by atoms with Gasteiger partial charge in [0.25, 0.3) is 0 Å². The van der Waals surface area contributed by atoms with Gasteiger partial charge >= 0.3 is 0 Å². The van der Waals surface area contributed by atoms with E-state index < -0.39 is 0 Å². The minimum absolute atomic E-state index is 0.665. The van der Waals surface area contributed by atoms with Crippen molar-refractivity contribution in [3.8, 4) is 0 Å². The van der Waals surface area contributed by atoms with Crippen molar-refractivity contribution < 1.29 is 0 Å². The van der Waals surface area contributed by atoms with E-state index in [1.807, 2.05) is 11.7 Å². The van der Waals surface area contributed by atoms with Crippen molar-refractivity contribution in [3.05, 3.63) is 40.2 Å². The second kappa shape index (κ2) is 6.39.